The maximum atomic E-state index is 12.7. The molecule has 0 atom stereocenters. The van der Waals surface area contributed by atoms with E-state index in [1.807, 2.05) is 42.5 Å². The molecule has 0 aliphatic carbocycles. The second kappa shape index (κ2) is 7.92. The summed E-state index contributed by atoms with van der Waals surface area (Å²) in [4.78, 5) is 28.3. The van der Waals surface area contributed by atoms with Gasteiger partial charge in [0.25, 0.3) is 5.91 Å². The van der Waals surface area contributed by atoms with Crippen LogP contribution in [0.4, 0.5) is 10.5 Å². The molecule has 6 heteroatoms. The van der Waals surface area contributed by atoms with Crippen LogP contribution in [-0.2, 0) is 4.79 Å². The van der Waals surface area contributed by atoms with Crippen LogP contribution in [-0.4, -0.2) is 11.9 Å². The Labute approximate surface area is 171 Å². The molecule has 0 radical (unpaired) electrons. The minimum Gasteiger partial charge on any atom is -0.302 e. The number of nitrogens with one attached hydrogen (secondary N) is 1. The Kier molecular flexibility index (Phi) is 5.19. The molecule has 3 amide bonds. The van der Waals surface area contributed by atoms with Gasteiger partial charge in [0.2, 0.25) is 0 Å². The summed E-state index contributed by atoms with van der Waals surface area (Å²) in [5, 5.41) is 3.09. The predicted octanol–water partition coefficient (Wildman–Crippen LogP) is 5.59. The van der Waals surface area contributed by atoms with Crippen molar-refractivity contribution >= 4 is 47.1 Å². The first kappa shape index (κ1) is 18.3. The van der Waals surface area contributed by atoms with Crippen molar-refractivity contribution in [3.05, 3.63) is 95.1 Å². The summed E-state index contributed by atoms with van der Waals surface area (Å²) >= 11 is 7.63. The zero-order valence-corrected chi connectivity index (χ0v) is 16.2. The molecule has 0 bridgehead atoms. The highest BCUT2D eigenvalue weighted by Gasteiger charge is 2.34. The molecule has 1 saturated heterocycles. The highest BCUT2D eigenvalue weighted by Crippen LogP contribution is 2.28. The van der Waals surface area contributed by atoms with E-state index in [0.29, 0.717) is 10.7 Å². The van der Waals surface area contributed by atoms with Crippen molar-refractivity contribution in [1.29, 1.82) is 0 Å². The van der Waals surface area contributed by atoms with Crippen LogP contribution in [0.25, 0.3) is 6.08 Å². The first-order valence-electron chi connectivity index (χ1n) is 8.56. The molecule has 0 aromatic heterocycles. The van der Waals surface area contributed by atoms with Crippen LogP contribution in [0, 0.1) is 0 Å². The number of amides is 3. The van der Waals surface area contributed by atoms with Crippen molar-refractivity contribution in [2.45, 2.75) is 9.79 Å². The second-order valence-electron chi connectivity index (χ2n) is 6.09. The van der Waals surface area contributed by atoms with Crippen LogP contribution in [0.3, 0.4) is 0 Å². The summed E-state index contributed by atoms with van der Waals surface area (Å²) < 4.78 is 0. The van der Waals surface area contributed by atoms with Gasteiger partial charge >= 0.3 is 6.03 Å². The Morgan fingerprint density at radius 3 is 2.29 bits per heavy atom. The molecule has 0 spiro atoms. The largest absolute Gasteiger partial charge is 0.333 e. The van der Waals surface area contributed by atoms with E-state index in [1.165, 1.54) is 0 Å². The molecule has 4 nitrogen and oxygen atoms in total. The van der Waals surface area contributed by atoms with E-state index in [2.05, 4.69) is 17.4 Å². The quantitative estimate of drug-likeness (QED) is 0.454. The number of rotatable bonds is 4. The van der Waals surface area contributed by atoms with Gasteiger partial charge in [-0.25, -0.2) is 9.69 Å². The summed E-state index contributed by atoms with van der Waals surface area (Å²) in [7, 11) is 0. The van der Waals surface area contributed by atoms with E-state index in [-0.39, 0.29) is 5.70 Å². The molecule has 1 aliphatic rings. The maximum absolute atomic E-state index is 12.7. The van der Waals surface area contributed by atoms with Gasteiger partial charge in [0.1, 0.15) is 5.70 Å². The Bertz CT molecular complexity index is 1070. The zero-order valence-electron chi connectivity index (χ0n) is 14.6. The average Bonchev–Trinajstić information content (AvgIpc) is 2.97. The molecule has 4 rings (SSSR count). The lowest BCUT2D eigenvalue weighted by molar-refractivity contribution is -0.113. The van der Waals surface area contributed by atoms with Crippen molar-refractivity contribution in [3.8, 4) is 0 Å². The lowest BCUT2D eigenvalue weighted by Gasteiger charge is -2.11. The fraction of sp³-hybridized carbons (Fsp3) is 0. The van der Waals surface area contributed by atoms with Crippen molar-refractivity contribution in [1.82, 2.24) is 5.32 Å². The smallest absolute Gasteiger partial charge is 0.302 e. The van der Waals surface area contributed by atoms with Crippen molar-refractivity contribution < 1.29 is 9.59 Å². The number of carbonyl (C=O) groups excluding carboxylic acids is 2. The molecule has 0 saturated carbocycles. The summed E-state index contributed by atoms with van der Waals surface area (Å²) in [6.07, 6.45) is 1.67. The van der Waals surface area contributed by atoms with Gasteiger partial charge in [0.05, 0.1) is 5.69 Å². The summed E-state index contributed by atoms with van der Waals surface area (Å²) in [6.45, 7) is 0. The number of halogens is 1. The van der Waals surface area contributed by atoms with Gasteiger partial charge < -0.3 is 5.32 Å². The summed E-state index contributed by atoms with van der Waals surface area (Å²) in [6, 6.07) is 24.0. The predicted molar refractivity (Wildman–Crippen MR) is 112 cm³/mol. The highest BCUT2D eigenvalue weighted by atomic mass is 35.5. The van der Waals surface area contributed by atoms with Crippen LogP contribution >= 0.6 is 23.4 Å². The monoisotopic (exact) mass is 406 g/mol. The fourth-order valence-electron chi connectivity index (χ4n) is 2.81. The summed E-state index contributed by atoms with van der Waals surface area (Å²) in [5.41, 5.74) is 1.50. The van der Waals surface area contributed by atoms with Gasteiger partial charge in [0, 0.05) is 14.8 Å². The molecule has 1 heterocycles. The van der Waals surface area contributed by atoms with E-state index in [9.17, 15) is 9.59 Å². The number of hydrogen-bond acceptors (Lipinski definition) is 3. The van der Waals surface area contributed by atoms with Crippen LogP contribution in [0.2, 0.25) is 5.02 Å². The number of imide groups is 1. The molecule has 3 aromatic carbocycles. The lowest BCUT2D eigenvalue weighted by Crippen LogP contribution is -2.30. The highest BCUT2D eigenvalue weighted by molar-refractivity contribution is 7.99. The van der Waals surface area contributed by atoms with Crippen molar-refractivity contribution in [2.75, 3.05) is 4.90 Å². The van der Waals surface area contributed by atoms with Gasteiger partial charge in [-0.2, -0.15) is 0 Å². The number of benzene rings is 3. The fourth-order valence-corrected chi connectivity index (χ4v) is 3.83. The van der Waals surface area contributed by atoms with Crippen LogP contribution in [0.1, 0.15) is 5.56 Å². The first-order valence-corrected chi connectivity index (χ1v) is 9.75. The normalized spacial score (nSPS) is 15.2. The standard InChI is InChI=1S/C22H15ClN2O2S/c23-16-5-4-6-17(14-16)25-21(26)20(24-22(25)27)13-15-9-11-19(12-10-15)28-18-7-2-1-3-8-18/h1-14H,(H,24,27)/b20-13+. The molecule has 1 fully saturated rings. The first-order chi connectivity index (χ1) is 13.6. The van der Waals surface area contributed by atoms with E-state index < -0.39 is 11.9 Å². The molecule has 3 aromatic rings. The van der Waals surface area contributed by atoms with Crippen LogP contribution < -0.4 is 10.2 Å². The molecular formula is C22H15ClN2O2S. The van der Waals surface area contributed by atoms with Gasteiger partial charge in [0.15, 0.2) is 0 Å². The third-order valence-corrected chi connectivity index (χ3v) is 5.37. The number of anilines is 1. The minimum absolute atomic E-state index is 0.230. The van der Waals surface area contributed by atoms with Gasteiger partial charge in [-0.15, -0.1) is 0 Å². The van der Waals surface area contributed by atoms with Gasteiger partial charge in [-0.3, -0.25) is 4.79 Å². The van der Waals surface area contributed by atoms with E-state index in [0.717, 1.165) is 20.3 Å². The Morgan fingerprint density at radius 1 is 0.857 bits per heavy atom. The van der Waals surface area contributed by atoms with E-state index in [4.69, 9.17) is 11.6 Å². The van der Waals surface area contributed by atoms with Crippen molar-refractivity contribution in [3.63, 3.8) is 0 Å². The molecule has 0 unspecified atom stereocenters. The zero-order chi connectivity index (χ0) is 19.5. The molecule has 138 valence electrons. The number of nitrogens with zero attached hydrogens (tertiary/aromatic N) is 1. The third kappa shape index (κ3) is 3.96. The Hall–Kier alpha value is -3.02. The summed E-state index contributed by atoms with van der Waals surface area (Å²) in [5.74, 6) is -0.407. The molecule has 28 heavy (non-hydrogen) atoms. The number of urea groups is 1. The Balaban J connectivity index is 1.53. The lowest BCUT2D eigenvalue weighted by atomic mass is 10.2. The third-order valence-electron chi connectivity index (χ3n) is 4.11. The topological polar surface area (TPSA) is 49.4 Å². The number of carbonyl (C=O) groups is 2. The van der Waals surface area contributed by atoms with Gasteiger partial charge in [-0.05, 0) is 54.1 Å². The number of hydrogen-bond donors (Lipinski definition) is 1. The van der Waals surface area contributed by atoms with E-state index in [1.54, 1.807) is 42.1 Å². The molecular weight excluding hydrogens is 392 g/mol. The van der Waals surface area contributed by atoms with Gasteiger partial charge in [-0.1, -0.05) is 59.8 Å². The maximum Gasteiger partial charge on any atom is 0.333 e. The average molecular weight is 407 g/mol. The van der Waals surface area contributed by atoms with Crippen LogP contribution in [0.5, 0.6) is 0 Å². The van der Waals surface area contributed by atoms with Crippen LogP contribution in [0.15, 0.2) is 94.4 Å². The van der Waals surface area contributed by atoms with Crippen molar-refractivity contribution in [2.24, 2.45) is 0 Å². The Morgan fingerprint density at radius 2 is 1.57 bits per heavy atom. The molecule has 1 aliphatic heterocycles. The van der Waals surface area contributed by atoms with E-state index >= 15 is 0 Å². The molecule has 1 N–H and O–H groups in total. The second-order valence-corrected chi connectivity index (χ2v) is 7.68. The SMILES string of the molecule is O=C1N/C(=C/c2ccc(Sc3ccccc3)cc2)C(=O)N1c1cccc(Cl)c1. The minimum atomic E-state index is -0.491.